The summed E-state index contributed by atoms with van der Waals surface area (Å²) in [5.41, 5.74) is 4.93. The molecule has 0 aliphatic heterocycles. The molecule has 0 saturated heterocycles. The van der Waals surface area contributed by atoms with Crippen LogP contribution in [0, 0.1) is 11.3 Å². The molecule has 0 aliphatic carbocycles. The summed E-state index contributed by atoms with van der Waals surface area (Å²) >= 11 is 1.33. The molecule has 34 heavy (non-hydrogen) atoms. The van der Waals surface area contributed by atoms with E-state index < -0.39 is 16.9 Å². The minimum atomic E-state index is -1.18. The zero-order valence-corrected chi connectivity index (χ0v) is 20.1. The van der Waals surface area contributed by atoms with Crippen LogP contribution in [0.2, 0.25) is 0 Å². The summed E-state index contributed by atoms with van der Waals surface area (Å²) in [6.45, 7) is 0. The fourth-order valence-corrected chi connectivity index (χ4v) is 5.90. The van der Waals surface area contributed by atoms with Gasteiger partial charge in [0.05, 0.1) is 23.1 Å². The van der Waals surface area contributed by atoms with E-state index >= 15 is 0 Å². The molecule has 0 aliphatic rings. The lowest BCUT2D eigenvalue weighted by atomic mass is 9.99. The number of rotatable bonds is 9. The molecule has 4 rings (SSSR count). The third-order valence-corrected chi connectivity index (χ3v) is 7.75. The first kappa shape index (κ1) is 23.9. The number of aliphatic hydroxyl groups excluding tert-OH is 1. The molecule has 4 nitrogen and oxygen atoms in total. The van der Waals surface area contributed by atoms with Crippen LogP contribution in [0.5, 0.6) is 0 Å². The molecule has 0 bridgehead atoms. The Morgan fingerprint density at radius 2 is 1.50 bits per heavy atom. The number of pyridine rings is 1. The van der Waals surface area contributed by atoms with Crippen LogP contribution in [-0.2, 0) is 16.6 Å². The van der Waals surface area contributed by atoms with Crippen molar-refractivity contribution >= 4 is 22.6 Å². The van der Waals surface area contributed by atoms with Crippen molar-refractivity contribution in [3.8, 4) is 28.5 Å². The second-order valence-electron chi connectivity index (χ2n) is 7.78. The molecule has 0 saturated carbocycles. The molecule has 170 valence electrons. The lowest BCUT2D eigenvalue weighted by molar-refractivity contribution is 0.224. The van der Waals surface area contributed by atoms with Gasteiger partial charge in [-0.25, -0.2) is 4.98 Å². The van der Waals surface area contributed by atoms with Crippen LogP contribution in [0.1, 0.15) is 11.1 Å². The number of hydrogen-bond donors (Lipinski definition) is 1. The van der Waals surface area contributed by atoms with Gasteiger partial charge in [-0.2, -0.15) is 5.26 Å². The quantitative estimate of drug-likeness (QED) is 0.309. The molecule has 0 unspecified atom stereocenters. The number of benzene rings is 3. The van der Waals surface area contributed by atoms with Crippen LogP contribution < -0.4 is 0 Å². The third-order valence-electron chi connectivity index (χ3n) is 5.21. The van der Waals surface area contributed by atoms with Crippen LogP contribution in [0.15, 0.2) is 102 Å². The Balaban J connectivity index is 1.56. The highest BCUT2D eigenvalue weighted by Crippen LogP contribution is 2.34. The first-order valence-corrected chi connectivity index (χ1v) is 13.4. The third kappa shape index (κ3) is 6.21. The largest absolute Gasteiger partial charge is 0.391 e. The van der Waals surface area contributed by atoms with Crippen molar-refractivity contribution in [2.45, 2.75) is 16.9 Å². The molecular weight excluding hydrogens is 460 g/mol. The van der Waals surface area contributed by atoms with E-state index in [1.54, 1.807) is 0 Å². The summed E-state index contributed by atoms with van der Waals surface area (Å²) in [6.07, 6.45) is -0.775. The summed E-state index contributed by atoms with van der Waals surface area (Å²) < 4.78 is 12.5. The highest BCUT2D eigenvalue weighted by Gasteiger charge is 2.18. The Morgan fingerprint density at radius 1 is 0.912 bits per heavy atom. The first-order valence-electron chi connectivity index (χ1n) is 10.9. The number of nitrogens with zero attached hydrogens (tertiary/aromatic N) is 2. The molecule has 0 fully saturated rings. The van der Waals surface area contributed by atoms with Crippen LogP contribution in [0.3, 0.4) is 0 Å². The molecule has 2 atom stereocenters. The topological polar surface area (TPSA) is 74.0 Å². The normalized spacial score (nSPS) is 12.6. The average Bonchev–Trinajstić information content (AvgIpc) is 2.88. The monoisotopic (exact) mass is 484 g/mol. The second-order valence-corrected chi connectivity index (χ2v) is 10.3. The van der Waals surface area contributed by atoms with Crippen LogP contribution in [0.4, 0.5) is 0 Å². The summed E-state index contributed by atoms with van der Waals surface area (Å²) in [7, 11) is -1.18. The Labute approximate surface area is 206 Å². The fourth-order valence-electron chi connectivity index (χ4n) is 3.59. The molecule has 1 heterocycles. The van der Waals surface area contributed by atoms with E-state index in [9.17, 15) is 14.6 Å². The fraction of sp³-hybridized carbons (Fsp3) is 0.143. The van der Waals surface area contributed by atoms with Gasteiger partial charge in [0, 0.05) is 33.4 Å². The number of aliphatic hydroxyl groups is 1. The van der Waals surface area contributed by atoms with Crippen molar-refractivity contribution in [2.75, 3.05) is 11.5 Å². The van der Waals surface area contributed by atoms with E-state index in [1.165, 1.54) is 11.8 Å². The Hall–Kier alpha value is -3.24. The van der Waals surface area contributed by atoms with Crippen molar-refractivity contribution < 1.29 is 9.32 Å². The van der Waals surface area contributed by atoms with Gasteiger partial charge in [0.2, 0.25) is 0 Å². The number of aromatic nitrogens is 1. The SMILES string of the molecule is N#Cc1c(-c2ccccc2)cc(-c2ccccc2)nc1SC[C@H](O)C[S@](=O)Cc1ccccc1. The van der Waals surface area contributed by atoms with Crippen molar-refractivity contribution in [1.82, 2.24) is 4.98 Å². The smallest absolute Gasteiger partial charge is 0.115 e. The van der Waals surface area contributed by atoms with Gasteiger partial charge in [-0.15, -0.1) is 11.8 Å². The minimum Gasteiger partial charge on any atom is -0.391 e. The van der Waals surface area contributed by atoms with E-state index in [1.807, 2.05) is 97.1 Å². The highest BCUT2D eigenvalue weighted by molar-refractivity contribution is 7.99. The highest BCUT2D eigenvalue weighted by atomic mass is 32.2. The summed E-state index contributed by atoms with van der Waals surface area (Å²) in [5, 5.41) is 21.1. The maximum absolute atomic E-state index is 12.5. The van der Waals surface area contributed by atoms with Crippen molar-refractivity contribution in [3.63, 3.8) is 0 Å². The molecule has 1 aromatic heterocycles. The lowest BCUT2D eigenvalue weighted by Gasteiger charge is -2.14. The average molecular weight is 485 g/mol. The predicted molar refractivity (Wildman–Crippen MR) is 140 cm³/mol. The number of thioether (sulfide) groups is 1. The molecule has 0 radical (unpaired) electrons. The van der Waals surface area contributed by atoms with Gasteiger partial charge in [-0.05, 0) is 17.2 Å². The van der Waals surface area contributed by atoms with Gasteiger partial charge in [-0.1, -0.05) is 91.0 Å². The standard InChI is InChI=1S/C28H24N2O2S2/c29-17-26-25(22-12-6-2-7-13-22)16-27(23-14-8-3-9-15-23)30-28(26)33-18-24(31)20-34(32)19-21-10-4-1-5-11-21/h1-16,24,31H,18-20H2/t24-,34+/m0/s1. The number of hydrogen-bond acceptors (Lipinski definition) is 5. The molecule has 6 heteroatoms. The molecular formula is C28H24N2O2S2. The minimum absolute atomic E-state index is 0.174. The first-order chi connectivity index (χ1) is 16.6. The van der Waals surface area contributed by atoms with Crippen molar-refractivity contribution in [3.05, 3.63) is 108 Å². The molecule has 4 aromatic rings. The zero-order valence-electron chi connectivity index (χ0n) is 18.5. The van der Waals surface area contributed by atoms with Crippen LogP contribution >= 0.6 is 11.8 Å². The van der Waals surface area contributed by atoms with E-state index in [4.69, 9.17) is 4.98 Å². The van der Waals surface area contributed by atoms with Gasteiger partial charge in [0.15, 0.2) is 0 Å². The summed E-state index contributed by atoms with van der Waals surface area (Å²) in [4.78, 5) is 4.77. The van der Waals surface area contributed by atoms with Gasteiger partial charge in [0.25, 0.3) is 0 Å². The lowest BCUT2D eigenvalue weighted by Crippen LogP contribution is -2.20. The molecule has 0 spiro atoms. The maximum atomic E-state index is 12.5. The van der Waals surface area contributed by atoms with E-state index in [2.05, 4.69) is 6.07 Å². The van der Waals surface area contributed by atoms with Gasteiger partial charge in [0.1, 0.15) is 11.1 Å². The Kier molecular flexibility index (Phi) is 8.26. The van der Waals surface area contributed by atoms with Gasteiger partial charge >= 0.3 is 0 Å². The Morgan fingerprint density at radius 3 is 2.12 bits per heavy atom. The van der Waals surface area contributed by atoms with Crippen LogP contribution in [0.25, 0.3) is 22.4 Å². The summed E-state index contributed by atoms with van der Waals surface area (Å²) in [6, 6.07) is 33.5. The van der Waals surface area contributed by atoms with Crippen molar-refractivity contribution in [2.24, 2.45) is 0 Å². The Bertz CT molecular complexity index is 1290. The maximum Gasteiger partial charge on any atom is 0.115 e. The zero-order chi connectivity index (χ0) is 23.8. The molecule has 1 N–H and O–H groups in total. The second kappa shape index (κ2) is 11.8. The molecule has 3 aromatic carbocycles. The summed E-state index contributed by atoms with van der Waals surface area (Å²) in [5.74, 6) is 0.883. The van der Waals surface area contributed by atoms with Crippen molar-refractivity contribution in [1.29, 1.82) is 5.26 Å². The van der Waals surface area contributed by atoms with Crippen LogP contribution in [-0.4, -0.2) is 31.9 Å². The number of nitriles is 1. The van der Waals surface area contributed by atoms with E-state index in [0.29, 0.717) is 22.1 Å². The van der Waals surface area contributed by atoms with Gasteiger partial charge < -0.3 is 5.11 Å². The van der Waals surface area contributed by atoms with E-state index in [-0.39, 0.29) is 5.75 Å². The van der Waals surface area contributed by atoms with Gasteiger partial charge in [-0.3, -0.25) is 4.21 Å². The predicted octanol–water partition coefficient (Wildman–Crippen LogP) is 5.69. The van der Waals surface area contributed by atoms with E-state index in [0.717, 1.165) is 27.9 Å². The molecule has 0 amide bonds.